The lowest BCUT2D eigenvalue weighted by Gasteiger charge is -2.06. The molecular formula is C13H10F2N2O3. The molecule has 1 amide bonds. The van der Waals surface area contributed by atoms with Gasteiger partial charge < -0.3 is 15.4 Å². The van der Waals surface area contributed by atoms with Crippen molar-refractivity contribution in [1.82, 2.24) is 4.98 Å². The molecule has 0 aliphatic rings. The van der Waals surface area contributed by atoms with E-state index in [0.29, 0.717) is 11.8 Å². The molecule has 0 radical (unpaired) electrons. The Balaban J connectivity index is 2.31. The first-order valence-corrected chi connectivity index (χ1v) is 5.58. The van der Waals surface area contributed by atoms with Crippen molar-refractivity contribution in [1.29, 1.82) is 0 Å². The van der Waals surface area contributed by atoms with Crippen LogP contribution in [0.25, 0.3) is 0 Å². The number of amides is 1. The highest BCUT2D eigenvalue weighted by Gasteiger charge is 2.19. The Morgan fingerprint density at radius 3 is 2.60 bits per heavy atom. The number of benzene rings is 1. The van der Waals surface area contributed by atoms with Crippen molar-refractivity contribution in [2.45, 2.75) is 6.92 Å². The highest BCUT2D eigenvalue weighted by molar-refractivity contribution is 6.08. The molecule has 0 saturated heterocycles. The predicted molar refractivity (Wildman–Crippen MR) is 66.8 cm³/mol. The van der Waals surface area contributed by atoms with Crippen LogP contribution in [-0.2, 0) is 0 Å². The topological polar surface area (TPSA) is 82.2 Å². The van der Waals surface area contributed by atoms with Crippen LogP contribution in [0.3, 0.4) is 0 Å². The number of carbonyl (C=O) groups excluding carboxylic acids is 1. The van der Waals surface area contributed by atoms with Gasteiger partial charge in [-0.15, -0.1) is 0 Å². The summed E-state index contributed by atoms with van der Waals surface area (Å²) in [6, 6.07) is 2.51. The largest absolute Gasteiger partial charge is 0.478 e. The molecule has 1 aromatic carbocycles. The summed E-state index contributed by atoms with van der Waals surface area (Å²) >= 11 is 0. The molecule has 0 aliphatic heterocycles. The second kappa shape index (κ2) is 5.12. The minimum Gasteiger partial charge on any atom is -0.478 e. The predicted octanol–water partition coefficient (Wildman–Crippen LogP) is 2.55. The Kier molecular flexibility index (Phi) is 3.51. The SMILES string of the molecule is Cc1[nH]cc(NC(=O)c2ccc(F)cc2F)c1C(=O)O. The standard InChI is InChI=1S/C13H10F2N2O3/c1-6-11(13(19)20)10(5-16-6)17-12(18)8-3-2-7(14)4-9(8)15/h2-5,16H,1H3,(H,17,18)(H,19,20). The Labute approximate surface area is 112 Å². The van der Waals surface area contributed by atoms with Crippen LogP contribution in [0.15, 0.2) is 24.4 Å². The molecule has 2 aromatic rings. The van der Waals surface area contributed by atoms with Crippen molar-refractivity contribution in [3.63, 3.8) is 0 Å². The minimum atomic E-state index is -1.22. The van der Waals surface area contributed by atoms with E-state index in [1.807, 2.05) is 0 Å². The molecule has 0 saturated carbocycles. The summed E-state index contributed by atoms with van der Waals surface area (Å²) in [5, 5.41) is 11.3. The maximum Gasteiger partial charge on any atom is 0.339 e. The van der Waals surface area contributed by atoms with Gasteiger partial charge in [0.25, 0.3) is 5.91 Å². The van der Waals surface area contributed by atoms with Gasteiger partial charge in [0.2, 0.25) is 0 Å². The van der Waals surface area contributed by atoms with Crippen molar-refractivity contribution in [3.8, 4) is 0 Å². The molecule has 0 fully saturated rings. The van der Waals surface area contributed by atoms with Crippen LogP contribution in [0.2, 0.25) is 0 Å². The molecule has 7 heteroatoms. The molecule has 0 atom stereocenters. The van der Waals surface area contributed by atoms with Crippen LogP contribution < -0.4 is 5.32 Å². The third-order valence-electron chi connectivity index (χ3n) is 2.72. The highest BCUT2D eigenvalue weighted by Crippen LogP contribution is 2.20. The molecule has 0 unspecified atom stereocenters. The summed E-state index contributed by atoms with van der Waals surface area (Å²) in [6.07, 6.45) is 1.29. The minimum absolute atomic E-state index is 0.0173. The number of anilines is 1. The van der Waals surface area contributed by atoms with Gasteiger partial charge in [0.15, 0.2) is 0 Å². The zero-order valence-corrected chi connectivity index (χ0v) is 10.3. The Morgan fingerprint density at radius 1 is 1.30 bits per heavy atom. The number of carboxylic acids is 1. The van der Waals surface area contributed by atoms with Crippen LogP contribution in [0.4, 0.5) is 14.5 Å². The van der Waals surface area contributed by atoms with E-state index in [1.165, 1.54) is 13.1 Å². The average molecular weight is 280 g/mol. The Bertz CT molecular complexity index is 695. The van der Waals surface area contributed by atoms with Crippen LogP contribution in [0, 0.1) is 18.6 Å². The number of hydrogen-bond acceptors (Lipinski definition) is 2. The highest BCUT2D eigenvalue weighted by atomic mass is 19.1. The summed E-state index contributed by atoms with van der Waals surface area (Å²) in [4.78, 5) is 25.5. The summed E-state index contributed by atoms with van der Waals surface area (Å²) < 4.78 is 26.2. The molecule has 1 aromatic heterocycles. The summed E-state index contributed by atoms with van der Waals surface area (Å²) in [5.74, 6) is -3.91. The first kappa shape index (κ1) is 13.7. The molecule has 3 N–H and O–H groups in total. The third-order valence-corrected chi connectivity index (χ3v) is 2.72. The van der Waals surface area contributed by atoms with E-state index in [9.17, 15) is 18.4 Å². The molecule has 2 rings (SSSR count). The number of H-pyrrole nitrogens is 1. The second-order valence-corrected chi connectivity index (χ2v) is 4.09. The van der Waals surface area contributed by atoms with Crippen LogP contribution in [-0.4, -0.2) is 22.0 Å². The molecule has 5 nitrogen and oxygen atoms in total. The van der Waals surface area contributed by atoms with Gasteiger partial charge in [-0.05, 0) is 19.1 Å². The number of carboxylic acid groups (broad SMARTS) is 1. The van der Waals surface area contributed by atoms with Gasteiger partial charge in [0.1, 0.15) is 17.2 Å². The number of aromatic carboxylic acids is 1. The van der Waals surface area contributed by atoms with Crippen molar-refractivity contribution in [2.24, 2.45) is 0 Å². The molecular weight excluding hydrogens is 270 g/mol. The van der Waals surface area contributed by atoms with Crippen LogP contribution in [0.5, 0.6) is 0 Å². The lowest BCUT2D eigenvalue weighted by Crippen LogP contribution is -2.15. The van der Waals surface area contributed by atoms with Gasteiger partial charge in [0.05, 0.1) is 11.3 Å². The van der Waals surface area contributed by atoms with Gasteiger partial charge in [-0.2, -0.15) is 0 Å². The number of aromatic nitrogens is 1. The first-order chi connectivity index (χ1) is 9.40. The van der Waals surface area contributed by atoms with E-state index >= 15 is 0 Å². The molecule has 1 heterocycles. The van der Waals surface area contributed by atoms with Crippen molar-refractivity contribution in [2.75, 3.05) is 5.32 Å². The Hall–Kier alpha value is -2.70. The van der Waals surface area contributed by atoms with Gasteiger partial charge in [-0.25, -0.2) is 13.6 Å². The van der Waals surface area contributed by atoms with Gasteiger partial charge in [0, 0.05) is 18.0 Å². The van der Waals surface area contributed by atoms with E-state index < -0.39 is 23.5 Å². The maximum atomic E-state index is 13.4. The van der Waals surface area contributed by atoms with E-state index in [0.717, 1.165) is 12.1 Å². The normalized spacial score (nSPS) is 10.3. The number of rotatable bonds is 3. The fourth-order valence-corrected chi connectivity index (χ4v) is 1.76. The smallest absolute Gasteiger partial charge is 0.339 e. The van der Waals surface area contributed by atoms with Crippen molar-refractivity contribution in [3.05, 3.63) is 52.9 Å². The number of aromatic amines is 1. The molecule has 104 valence electrons. The summed E-state index contributed by atoms with van der Waals surface area (Å²) in [7, 11) is 0. The fraction of sp³-hybridized carbons (Fsp3) is 0.0769. The molecule has 0 bridgehead atoms. The lowest BCUT2D eigenvalue weighted by molar-refractivity contribution is 0.0697. The zero-order valence-electron chi connectivity index (χ0n) is 10.3. The summed E-state index contributed by atoms with van der Waals surface area (Å²) in [6.45, 7) is 1.53. The van der Waals surface area contributed by atoms with E-state index in [-0.39, 0.29) is 16.8 Å². The molecule has 20 heavy (non-hydrogen) atoms. The van der Waals surface area contributed by atoms with Crippen molar-refractivity contribution < 1.29 is 23.5 Å². The lowest BCUT2D eigenvalue weighted by atomic mass is 10.1. The zero-order chi connectivity index (χ0) is 14.9. The monoisotopic (exact) mass is 280 g/mol. The average Bonchev–Trinajstić information content (AvgIpc) is 2.70. The maximum absolute atomic E-state index is 13.4. The third kappa shape index (κ3) is 2.51. The second-order valence-electron chi connectivity index (χ2n) is 4.09. The van der Waals surface area contributed by atoms with Gasteiger partial charge in [-0.3, -0.25) is 4.79 Å². The summed E-state index contributed by atoms with van der Waals surface area (Å²) in [5.41, 5.74) is -0.112. The van der Waals surface area contributed by atoms with Crippen LogP contribution >= 0.6 is 0 Å². The quantitative estimate of drug-likeness (QED) is 0.808. The molecule has 0 aliphatic carbocycles. The first-order valence-electron chi connectivity index (χ1n) is 5.58. The van der Waals surface area contributed by atoms with Crippen molar-refractivity contribution >= 4 is 17.6 Å². The number of halogens is 2. The fourth-order valence-electron chi connectivity index (χ4n) is 1.76. The van der Waals surface area contributed by atoms with Gasteiger partial charge in [-0.1, -0.05) is 0 Å². The Morgan fingerprint density at radius 2 is 2.00 bits per heavy atom. The van der Waals surface area contributed by atoms with Crippen LogP contribution in [0.1, 0.15) is 26.4 Å². The number of carbonyl (C=O) groups is 2. The number of aryl methyl sites for hydroxylation is 1. The van der Waals surface area contributed by atoms with E-state index in [1.54, 1.807) is 0 Å². The number of nitrogens with one attached hydrogen (secondary N) is 2. The van der Waals surface area contributed by atoms with E-state index in [4.69, 9.17) is 5.11 Å². The van der Waals surface area contributed by atoms with Gasteiger partial charge >= 0.3 is 5.97 Å². The number of hydrogen-bond donors (Lipinski definition) is 3. The van der Waals surface area contributed by atoms with E-state index in [2.05, 4.69) is 10.3 Å². The molecule has 0 spiro atoms.